The van der Waals surface area contributed by atoms with Crippen molar-refractivity contribution < 1.29 is 74.3 Å². The largest absolute Gasteiger partial charge is 1.00 e. The van der Waals surface area contributed by atoms with Gasteiger partial charge in [0, 0.05) is 0 Å². The van der Waals surface area contributed by atoms with E-state index in [1.807, 2.05) is 0 Å². The molecule has 5 nitrogen and oxygen atoms in total. The van der Waals surface area contributed by atoms with Crippen LogP contribution in [0.15, 0.2) is 12.2 Å². The summed E-state index contributed by atoms with van der Waals surface area (Å²) in [5.41, 5.74) is 0.170. The van der Waals surface area contributed by atoms with Crippen molar-refractivity contribution >= 4 is 16.1 Å². The Kier molecular flexibility index (Phi) is 16.4. The van der Waals surface area contributed by atoms with E-state index in [4.69, 9.17) is 4.55 Å². The molecule has 0 aromatic rings. The Labute approximate surface area is 170 Å². The quantitative estimate of drug-likeness (QED) is 0.202. The van der Waals surface area contributed by atoms with Gasteiger partial charge in [-0.3, -0.25) is 4.55 Å². The van der Waals surface area contributed by atoms with E-state index in [2.05, 4.69) is 6.58 Å². The summed E-state index contributed by atoms with van der Waals surface area (Å²) in [6.07, 6.45) is 9.01. The van der Waals surface area contributed by atoms with Crippen LogP contribution < -0.4 is 56.5 Å². The van der Waals surface area contributed by atoms with Gasteiger partial charge in [0.05, 0.1) is 11.7 Å². The van der Waals surface area contributed by atoms with Gasteiger partial charge in [-0.2, -0.15) is 8.42 Å². The van der Waals surface area contributed by atoms with Gasteiger partial charge in [-0.25, -0.2) is 0 Å². The molecule has 0 bridgehead atoms. The number of aliphatic carboxylic acids is 1. The number of carboxylic acids is 1. The Morgan fingerprint density at radius 2 is 1.29 bits per heavy atom. The third-order valence-electron chi connectivity index (χ3n) is 3.17. The van der Waals surface area contributed by atoms with Crippen LogP contribution in [-0.2, 0) is 14.9 Å². The van der Waals surface area contributed by atoms with Gasteiger partial charge in [0.1, 0.15) is 0 Å². The average Bonchev–Trinajstić information content (AvgIpc) is 2.34. The summed E-state index contributed by atoms with van der Waals surface area (Å²) in [7, 11) is -3.80. The third kappa shape index (κ3) is 18.7. The van der Waals surface area contributed by atoms with Gasteiger partial charge in [-0.05, 0) is 24.8 Å². The molecule has 0 rings (SSSR count). The summed E-state index contributed by atoms with van der Waals surface area (Å²) in [5.74, 6) is -1.30. The fourth-order valence-corrected chi connectivity index (χ4v) is 2.53. The van der Waals surface area contributed by atoms with Gasteiger partial charge >= 0.3 is 51.4 Å². The number of carbonyl (C=O) groups excluding carboxylic acids is 1. The Hall–Kier alpha value is 0.756. The van der Waals surface area contributed by atoms with Crippen LogP contribution in [-0.4, -0.2) is 24.7 Å². The van der Waals surface area contributed by atoms with Gasteiger partial charge in [-0.1, -0.05) is 51.5 Å². The summed E-state index contributed by atoms with van der Waals surface area (Å²) >= 11 is 0. The molecule has 0 radical (unpaired) electrons. The van der Waals surface area contributed by atoms with Crippen LogP contribution in [0.3, 0.4) is 0 Å². The molecule has 0 aromatic carbocycles. The molecule has 0 heterocycles. The molecule has 1 N–H and O–H groups in total. The molecule has 0 aliphatic heterocycles. The molecule has 0 saturated carbocycles. The maximum Gasteiger partial charge on any atom is 1.00 e. The minimum absolute atomic E-state index is 0. The maximum atomic E-state index is 10.5. The van der Waals surface area contributed by atoms with E-state index < -0.39 is 16.1 Å². The first-order valence-corrected chi connectivity index (χ1v) is 8.78. The molecule has 0 spiro atoms. The monoisotopic (exact) mass is 344 g/mol. The number of hydrogen-bond acceptors (Lipinski definition) is 4. The van der Waals surface area contributed by atoms with Crippen molar-refractivity contribution in [3.63, 3.8) is 0 Å². The van der Waals surface area contributed by atoms with Crippen molar-refractivity contribution in [3.05, 3.63) is 12.2 Å². The van der Waals surface area contributed by atoms with Crippen LogP contribution >= 0.6 is 0 Å². The molecule has 0 amide bonds. The Balaban J connectivity index is 0. The SMILES string of the molecule is C=C(CCCCCCCCCCCS(=O)(=O)O)C(=O)[O-].[K+]. The molecule has 0 aromatic heterocycles. The van der Waals surface area contributed by atoms with Crippen molar-refractivity contribution in [3.8, 4) is 0 Å². The van der Waals surface area contributed by atoms with E-state index in [0.29, 0.717) is 12.8 Å². The predicted molar refractivity (Wildman–Crippen MR) is 76.7 cm³/mol. The van der Waals surface area contributed by atoms with Gasteiger partial charge in [0.2, 0.25) is 0 Å². The van der Waals surface area contributed by atoms with Crippen LogP contribution in [0, 0.1) is 0 Å². The second kappa shape index (κ2) is 14.4. The normalized spacial score (nSPS) is 10.9. The molecular weight excluding hydrogens is 319 g/mol. The fourth-order valence-electron chi connectivity index (χ4n) is 1.96. The Morgan fingerprint density at radius 3 is 1.67 bits per heavy atom. The molecule has 0 aliphatic rings. The molecule has 0 saturated heterocycles. The topological polar surface area (TPSA) is 94.5 Å². The number of rotatable bonds is 13. The molecular formula is C14H25KO5S. The minimum Gasteiger partial charge on any atom is -0.545 e. The molecule has 7 heteroatoms. The standard InChI is InChI=1S/C14H26O5S.K/c1-13(14(15)16)11-9-7-5-3-2-4-6-8-10-12-20(17,18)19;/h1-12H2,(H,15,16)(H,17,18,19);/q;+1/p-1. The zero-order chi connectivity index (χ0) is 15.4. The predicted octanol–water partition coefficient (Wildman–Crippen LogP) is -0.915. The first-order chi connectivity index (χ1) is 9.33. The number of hydrogen-bond donors (Lipinski definition) is 1. The molecule has 0 unspecified atom stereocenters. The summed E-state index contributed by atoms with van der Waals surface area (Å²) in [4.78, 5) is 10.4. The van der Waals surface area contributed by atoms with Gasteiger partial charge in [0.25, 0.3) is 10.1 Å². The van der Waals surface area contributed by atoms with E-state index in [1.54, 1.807) is 0 Å². The first kappa shape index (κ1) is 24.0. The molecule has 0 fully saturated rings. The van der Waals surface area contributed by atoms with Crippen molar-refractivity contribution in [1.29, 1.82) is 0 Å². The first-order valence-electron chi connectivity index (χ1n) is 7.17. The van der Waals surface area contributed by atoms with E-state index >= 15 is 0 Å². The number of carboxylic acid groups (broad SMARTS) is 1. The summed E-state index contributed by atoms with van der Waals surface area (Å²) in [5, 5.41) is 10.4. The molecule has 0 atom stereocenters. The van der Waals surface area contributed by atoms with E-state index in [0.717, 1.165) is 51.4 Å². The van der Waals surface area contributed by atoms with Crippen molar-refractivity contribution in [2.45, 2.75) is 64.2 Å². The summed E-state index contributed by atoms with van der Waals surface area (Å²) < 4.78 is 29.5. The van der Waals surface area contributed by atoms with Crippen molar-refractivity contribution in [2.24, 2.45) is 0 Å². The van der Waals surface area contributed by atoms with Gasteiger partial charge in [-0.15, -0.1) is 0 Å². The van der Waals surface area contributed by atoms with Gasteiger partial charge < -0.3 is 9.90 Å². The molecule has 0 aliphatic carbocycles. The fraction of sp³-hybridized carbons (Fsp3) is 0.786. The van der Waals surface area contributed by atoms with E-state index in [1.165, 1.54) is 0 Å². The Bertz CT molecular complexity index is 392. The third-order valence-corrected chi connectivity index (χ3v) is 3.97. The average molecular weight is 345 g/mol. The number of carbonyl (C=O) groups is 1. The maximum absolute atomic E-state index is 10.5. The van der Waals surface area contributed by atoms with Crippen LogP contribution in [0.25, 0.3) is 0 Å². The molecule has 118 valence electrons. The van der Waals surface area contributed by atoms with Gasteiger partial charge in [0.15, 0.2) is 0 Å². The second-order valence-electron chi connectivity index (χ2n) is 5.11. The second-order valence-corrected chi connectivity index (χ2v) is 6.68. The minimum atomic E-state index is -3.80. The summed E-state index contributed by atoms with van der Waals surface area (Å²) in [6.45, 7) is 3.42. The smallest absolute Gasteiger partial charge is 0.545 e. The number of unbranched alkanes of at least 4 members (excludes halogenated alkanes) is 8. The zero-order valence-electron chi connectivity index (χ0n) is 13.0. The van der Waals surface area contributed by atoms with E-state index in [-0.39, 0.29) is 62.7 Å². The van der Waals surface area contributed by atoms with Crippen LogP contribution in [0.2, 0.25) is 0 Å². The van der Waals surface area contributed by atoms with Crippen LogP contribution in [0.1, 0.15) is 64.2 Å². The summed E-state index contributed by atoms with van der Waals surface area (Å²) in [6, 6.07) is 0. The van der Waals surface area contributed by atoms with Crippen LogP contribution in [0.5, 0.6) is 0 Å². The van der Waals surface area contributed by atoms with E-state index in [9.17, 15) is 18.3 Å². The zero-order valence-corrected chi connectivity index (χ0v) is 16.9. The van der Waals surface area contributed by atoms with Crippen molar-refractivity contribution in [2.75, 3.05) is 5.75 Å². The van der Waals surface area contributed by atoms with Crippen LogP contribution in [0.4, 0.5) is 0 Å². The van der Waals surface area contributed by atoms with Crippen molar-refractivity contribution in [1.82, 2.24) is 0 Å². The molecule has 21 heavy (non-hydrogen) atoms. The Morgan fingerprint density at radius 1 is 0.905 bits per heavy atom.